The fourth-order valence-electron chi connectivity index (χ4n) is 3.31. The molecule has 2 aliphatic rings. The van der Waals surface area contributed by atoms with Crippen molar-refractivity contribution >= 4 is 34.4 Å². The highest BCUT2D eigenvalue weighted by atomic mass is 16.5. The van der Waals surface area contributed by atoms with E-state index >= 15 is 0 Å². The molecule has 1 aromatic heterocycles. The van der Waals surface area contributed by atoms with Crippen molar-refractivity contribution in [2.45, 2.75) is 33.1 Å². The Labute approximate surface area is 145 Å². The van der Waals surface area contributed by atoms with E-state index in [-0.39, 0.29) is 17.8 Å². The summed E-state index contributed by atoms with van der Waals surface area (Å²) in [7, 11) is 0. The topological polar surface area (TPSA) is 88.8 Å². The zero-order chi connectivity index (χ0) is 17.4. The maximum atomic E-state index is 12.1. The van der Waals surface area contributed by atoms with E-state index in [1.54, 1.807) is 0 Å². The number of carbonyl (C=O) groups is 1. The van der Waals surface area contributed by atoms with Crippen LogP contribution in [0.1, 0.15) is 31.9 Å². The molecule has 1 atom stereocenters. The third kappa shape index (κ3) is 2.97. The molecule has 0 spiro atoms. The van der Waals surface area contributed by atoms with Crippen LogP contribution in [0, 0.1) is 12.8 Å². The van der Waals surface area contributed by atoms with Gasteiger partial charge in [-0.1, -0.05) is 0 Å². The van der Waals surface area contributed by atoms with E-state index in [0.717, 1.165) is 47.3 Å². The molecule has 1 saturated carbocycles. The molecule has 7 heteroatoms. The minimum atomic E-state index is -0.0878. The van der Waals surface area contributed by atoms with Gasteiger partial charge >= 0.3 is 0 Å². The van der Waals surface area contributed by atoms with Crippen molar-refractivity contribution in [3.63, 3.8) is 0 Å². The van der Waals surface area contributed by atoms with Crippen molar-refractivity contribution in [1.29, 1.82) is 0 Å². The summed E-state index contributed by atoms with van der Waals surface area (Å²) in [4.78, 5) is 29.8. The molecule has 2 aromatic rings. The summed E-state index contributed by atoms with van der Waals surface area (Å²) >= 11 is 0. The van der Waals surface area contributed by atoms with Crippen molar-refractivity contribution in [3.8, 4) is 5.75 Å². The van der Waals surface area contributed by atoms with Gasteiger partial charge in [0, 0.05) is 11.1 Å². The molecule has 4 rings (SSSR count). The number of amides is 1. The molecular formula is C18H19N5O2. The second-order valence-electron chi connectivity index (χ2n) is 6.19. The molecule has 1 fully saturated rings. The quantitative estimate of drug-likeness (QED) is 0.932. The first kappa shape index (κ1) is 15.7. The number of hydrogen-bond acceptors (Lipinski definition) is 5. The van der Waals surface area contributed by atoms with Gasteiger partial charge in [0.25, 0.3) is 5.95 Å². The van der Waals surface area contributed by atoms with Crippen LogP contribution < -0.4 is 10.1 Å². The van der Waals surface area contributed by atoms with Crippen molar-refractivity contribution in [3.05, 3.63) is 23.9 Å². The van der Waals surface area contributed by atoms with Crippen LogP contribution in [0.4, 0.5) is 5.95 Å². The summed E-state index contributed by atoms with van der Waals surface area (Å²) in [6.45, 7) is 4.46. The number of guanidine groups is 1. The predicted octanol–water partition coefficient (Wildman–Crippen LogP) is 2.70. The van der Waals surface area contributed by atoms with Gasteiger partial charge in [-0.2, -0.15) is 4.99 Å². The molecule has 1 aliphatic heterocycles. The minimum absolute atomic E-state index is 0.0277. The molecular weight excluding hydrogens is 318 g/mol. The second-order valence-corrected chi connectivity index (χ2v) is 6.19. The lowest BCUT2D eigenvalue weighted by Crippen LogP contribution is -2.41. The molecule has 25 heavy (non-hydrogen) atoms. The van der Waals surface area contributed by atoms with Crippen LogP contribution in [0.15, 0.2) is 28.2 Å². The van der Waals surface area contributed by atoms with Crippen LogP contribution in [0.3, 0.4) is 0 Å². The number of ether oxygens (including phenoxy) is 1. The Bertz CT molecular complexity index is 919. The fourth-order valence-corrected chi connectivity index (χ4v) is 3.31. The van der Waals surface area contributed by atoms with Crippen LogP contribution >= 0.6 is 0 Å². The molecule has 1 aromatic carbocycles. The highest BCUT2D eigenvalue weighted by Crippen LogP contribution is 2.26. The average molecular weight is 337 g/mol. The number of benzene rings is 1. The van der Waals surface area contributed by atoms with E-state index in [1.165, 1.54) is 0 Å². The fraction of sp³-hybridized carbons (Fsp3) is 0.389. The van der Waals surface area contributed by atoms with E-state index in [4.69, 9.17) is 4.74 Å². The van der Waals surface area contributed by atoms with Crippen molar-refractivity contribution in [2.24, 2.45) is 15.9 Å². The van der Waals surface area contributed by atoms with E-state index in [1.807, 2.05) is 32.0 Å². The van der Waals surface area contributed by atoms with Crippen LogP contribution in [0.25, 0.3) is 10.9 Å². The number of carbonyl (C=O) groups excluding carboxylic acids is 1. The van der Waals surface area contributed by atoms with E-state index in [0.29, 0.717) is 12.6 Å². The normalized spacial score (nSPS) is 21.2. The summed E-state index contributed by atoms with van der Waals surface area (Å²) in [5.41, 5.74) is 2.50. The molecule has 0 saturated heterocycles. The molecule has 1 N–H and O–H groups in total. The number of fused-ring (bicyclic) bond motifs is 2. The largest absolute Gasteiger partial charge is 0.494 e. The van der Waals surface area contributed by atoms with Gasteiger partial charge in [0.2, 0.25) is 11.9 Å². The Morgan fingerprint density at radius 1 is 1.36 bits per heavy atom. The van der Waals surface area contributed by atoms with Crippen LogP contribution in [-0.4, -0.2) is 34.2 Å². The molecule has 7 nitrogen and oxygen atoms in total. The van der Waals surface area contributed by atoms with Crippen molar-refractivity contribution in [2.75, 3.05) is 6.61 Å². The maximum Gasteiger partial charge on any atom is 0.253 e. The highest BCUT2D eigenvalue weighted by Gasteiger charge is 2.33. The van der Waals surface area contributed by atoms with Crippen LogP contribution in [0.5, 0.6) is 5.75 Å². The number of aliphatic imine (C=N–C) groups is 2. The van der Waals surface area contributed by atoms with Crippen molar-refractivity contribution in [1.82, 2.24) is 15.3 Å². The Morgan fingerprint density at radius 2 is 2.24 bits per heavy atom. The monoisotopic (exact) mass is 337 g/mol. The third-order valence-corrected chi connectivity index (χ3v) is 4.49. The van der Waals surface area contributed by atoms with E-state index in [9.17, 15) is 4.79 Å². The summed E-state index contributed by atoms with van der Waals surface area (Å²) in [6, 6.07) is 5.69. The lowest BCUT2D eigenvalue weighted by atomic mass is 10.0. The molecule has 1 unspecified atom stereocenters. The number of rotatable bonds is 3. The Balaban J connectivity index is 1.71. The number of hydrogen-bond donors (Lipinski definition) is 1. The molecule has 2 heterocycles. The Kier molecular flexibility index (Phi) is 3.91. The first-order chi connectivity index (χ1) is 12.1. The maximum absolute atomic E-state index is 12.1. The molecule has 0 bridgehead atoms. The summed E-state index contributed by atoms with van der Waals surface area (Å²) < 4.78 is 5.52. The van der Waals surface area contributed by atoms with Gasteiger partial charge < -0.3 is 4.74 Å². The van der Waals surface area contributed by atoms with Crippen LogP contribution in [-0.2, 0) is 4.79 Å². The van der Waals surface area contributed by atoms with Crippen molar-refractivity contribution < 1.29 is 9.53 Å². The number of nitrogens with one attached hydrogen (secondary N) is 1. The number of aryl methyl sites for hydroxylation is 1. The van der Waals surface area contributed by atoms with Gasteiger partial charge in [-0.05, 0) is 51.3 Å². The molecule has 0 radical (unpaired) electrons. The highest BCUT2D eigenvalue weighted by molar-refractivity contribution is 6.18. The lowest BCUT2D eigenvalue weighted by Gasteiger charge is -2.17. The first-order valence-corrected chi connectivity index (χ1v) is 8.52. The van der Waals surface area contributed by atoms with Crippen LogP contribution in [0.2, 0.25) is 0 Å². The molecule has 1 aliphatic carbocycles. The Hall–Kier alpha value is -2.83. The standard InChI is InChI=1S/C18H19N5O2/c1-3-25-11-7-8-15-13(9-11)10(2)19-17(21-15)23-18-20-14-6-4-5-12(14)16(24)22-18/h7-9,12H,3-6H2,1-2H3,(H,19,21,22,23,24). The van der Waals surface area contributed by atoms with Gasteiger partial charge in [0.15, 0.2) is 0 Å². The SMILES string of the molecule is CCOc1ccc2nc(/N=C3/N=C4CCCC4C(=O)N3)nc(C)c2c1. The van der Waals surface area contributed by atoms with Gasteiger partial charge in [0.1, 0.15) is 5.75 Å². The summed E-state index contributed by atoms with van der Waals surface area (Å²) in [5.74, 6) is 1.25. The predicted molar refractivity (Wildman–Crippen MR) is 95.5 cm³/mol. The van der Waals surface area contributed by atoms with Gasteiger partial charge in [-0.15, -0.1) is 0 Å². The molecule has 128 valence electrons. The van der Waals surface area contributed by atoms with Gasteiger partial charge in [-0.3, -0.25) is 10.1 Å². The first-order valence-electron chi connectivity index (χ1n) is 8.52. The summed E-state index contributed by atoms with van der Waals surface area (Å²) in [6.07, 6.45) is 2.72. The number of aromatic nitrogens is 2. The molecule has 1 amide bonds. The second kappa shape index (κ2) is 6.23. The van der Waals surface area contributed by atoms with E-state index in [2.05, 4.69) is 25.3 Å². The summed E-state index contributed by atoms with van der Waals surface area (Å²) in [5, 5.41) is 3.67. The smallest absolute Gasteiger partial charge is 0.253 e. The minimum Gasteiger partial charge on any atom is -0.494 e. The lowest BCUT2D eigenvalue weighted by molar-refractivity contribution is -0.121. The Morgan fingerprint density at radius 3 is 3.08 bits per heavy atom. The van der Waals surface area contributed by atoms with Gasteiger partial charge in [0.05, 0.1) is 23.7 Å². The zero-order valence-electron chi connectivity index (χ0n) is 14.2. The van der Waals surface area contributed by atoms with Gasteiger partial charge in [-0.25, -0.2) is 15.0 Å². The number of nitrogens with zero attached hydrogens (tertiary/aromatic N) is 4. The third-order valence-electron chi connectivity index (χ3n) is 4.49. The zero-order valence-corrected chi connectivity index (χ0v) is 14.2. The van der Waals surface area contributed by atoms with E-state index < -0.39 is 0 Å². The average Bonchev–Trinajstić information content (AvgIpc) is 3.05.